The first kappa shape index (κ1) is 13.5. The van der Waals surface area contributed by atoms with Crippen LogP contribution < -0.4 is 0 Å². The summed E-state index contributed by atoms with van der Waals surface area (Å²) in [5.41, 5.74) is -0.261. The minimum Gasteiger partial charge on any atom is -0.465 e. The molecule has 0 heterocycles. The second kappa shape index (κ2) is 6.86. The van der Waals surface area contributed by atoms with Crippen LogP contribution in [0.15, 0.2) is 0 Å². The zero-order valence-corrected chi connectivity index (χ0v) is 10.1. The molecule has 2 nitrogen and oxygen atoms in total. The summed E-state index contributed by atoms with van der Waals surface area (Å²) in [6, 6.07) is 0. The Hall–Kier alpha value is -0.530. The highest BCUT2D eigenvalue weighted by molar-refractivity contribution is 5.76. The molecule has 0 bridgehead atoms. The quantitative estimate of drug-likeness (QED) is 0.464. The van der Waals surface area contributed by atoms with Crippen molar-refractivity contribution in [3.63, 3.8) is 0 Å². The molecule has 0 aliphatic heterocycles. The number of unbranched alkanes of at least 4 members (excludes halogenated alkanes) is 1. The number of carbonyl (C=O) groups excluding carboxylic acids is 1. The van der Waals surface area contributed by atoms with Gasteiger partial charge in [-0.25, -0.2) is 0 Å². The molecule has 0 fully saturated rings. The van der Waals surface area contributed by atoms with Gasteiger partial charge in [0.05, 0.1) is 12.0 Å². The Bertz CT molecular complexity index is 166. The van der Waals surface area contributed by atoms with E-state index >= 15 is 0 Å². The van der Waals surface area contributed by atoms with Crippen LogP contribution in [0, 0.1) is 5.41 Å². The zero-order valence-electron chi connectivity index (χ0n) is 10.1. The summed E-state index contributed by atoms with van der Waals surface area (Å²) in [5.74, 6) is -0.0182. The Morgan fingerprint density at radius 2 is 1.86 bits per heavy atom. The van der Waals surface area contributed by atoms with Gasteiger partial charge in [0.2, 0.25) is 0 Å². The second-order valence-electron chi connectivity index (χ2n) is 4.15. The van der Waals surface area contributed by atoms with Gasteiger partial charge in [-0.15, -0.1) is 0 Å². The van der Waals surface area contributed by atoms with Gasteiger partial charge in [-0.05, 0) is 26.2 Å². The molecule has 0 aliphatic rings. The third-order valence-corrected chi connectivity index (χ3v) is 2.81. The maximum Gasteiger partial charge on any atom is 0.311 e. The van der Waals surface area contributed by atoms with Gasteiger partial charge in [0.15, 0.2) is 0 Å². The van der Waals surface area contributed by atoms with Crippen molar-refractivity contribution >= 4 is 5.97 Å². The van der Waals surface area contributed by atoms with Gasteiger partial charge in [0.1, 0.15) is 0 Å². The highest BCUT2D eigenvalue weighted by Crippen LogP contribution is 2.28. The smallest absolute Gasteiger partial charge is 0.311 e. The summed E-state index contributed by atoms with van der Waals surface area (Å²) in [5, 5.41) is 0. The van der Waals surface area contributed by atoms with Crippen molar-refractivity contribution in [2.45, 2.75) is 59.8 Å². The Balaban J connectivity index is 4.03. The molecular formula is C12H24O2. The largest absolute Gasteiger partial charge is 0.465 e. The monoisotopic (exact) mass is 200 g/mol. The molecule has 1 unspecified atom stereocenters. The Kier molecular flexibility index (Phi) is 6.60. The first-order chi connectivity index (χ1) is 6.60. The highest BCUT2D eigenvalue weighted by atomic mass is 16.5. The number of esters is 1. The summed E-state index contributed by atoms with van der Waals surface area (Å²) in [6.07, 6.45) is 4.87. The van der Waals surface area contributed by atoms with Crippen molar-refractivity contribution in [1.29, 1.82) is 0 Å². The van der Waals surface area contributed by atoms with E-state index in [9.17, 15) is 4.79 Å². The lowest BCUT2D eigenvalue weighted by Gasteiger charge is -2.25. The summed E-state index contributed by atoms with van der Waals surface area (Å²) >= 11 is 0. The maximum atomic E-state index is 11.7. The van der Waals surface area contributed by atoms with Crippen molar-refractivity contribution < 1.29 is 9.53 Å². The summed E-state index contributed by atoms with van der Waals surface area (Å²) in [4.78, 5) is 11.7. The molecule has 14 heavy (non-hydrogen) atoms. The lowest BCUT2D eigenvalue weighted by atomic mass is 9.83. The molecule has 0 amide bonds. The van der Waals surface area contributed by atoms with Gasteiger partial charge in [-0.2, -0.15) is 0 Å². The number of ether oxygens (including phenoxy) is 1. The average Bonchev–Trinajstić information content (AvgIpc) is 2.18. The van der Waals surface area contributed by atoms with Crippen LogP contribution in [0.4, 0.5) is 0 Å². The Morgan fingerprint density at radius 3 is 2.29 bits per heavy atom. The molecular weight excluding hydrogens is 176 g/mol. The summed E-state index contributed by atoms with van der Waals surface area (Å²) < 4.78 is 5.25. The predicted molar refractivity (Wildman–Crippen MR) is 59.2 cm³/mol. The van der Waals surface area contributed by atoms with Crippen molar-refractivity contribution in [3.05, 3.63) is 0 Å². The SMILES string of the molecule is CCCCOC(=O)C(C)(CC)CCC. The number of rotatable bonds is 7. The molecule has 0 aromatic rings. The first-order valence-electron chi connectivity index (χ1n) is 5.78. The van der Waals surface area contributed by atoms with E-state index in [1.165, 1.54) is 0 Å². The molecule has 0 aromatic heterocycles. The zero-order chi connectivity index (χ0) is 11.0. The third kappa shape index (κ3) is 4.12. The van der Waals surface area contributed by atoms with E-state index in [0.717, 1.165) is 32.1 Å². The van der Waals surface area contributed by atoms with E-state index in [1.807, 2.05) is 6.92 Å². The second-order valence-corrected chi connectivity index (χ2v) is 4.15. The molecule has 2 heteroatoms. The number of carbonyl (C=O) groups is 1. The van der Waals surface area contributed by atoms with E-state index in [-0.39, 0.29) is 11.4 Å². The molecule has 0 spiro atoms. The molecule has 0 radical (unpaired) electrons. The van der Waals surface area contributed by atoms with Crippen LogP contribution in [-0.2, 0) is 9.53 Å². The molecule has 0 saturated heterocycles. The van der Waals surface area contributed by atoms with E-state index in [2.05, 4.69) is 20.8 Å². The van der Waals surface area contributed by atoms with Crippen molar-refractivity contribution in [3.8, 4) is 0 Å². The van der Waals surface area contributed by atoms with Gasteiger partial charge < -0.3 is 4.74 Å². The molecule has 0 saturated carbocycles. The maximum absolute atomic E-state index is 11.7. The van der Waals surface area contributed by atoms with Crippen LogP contribution in [-0.4, -0.2) is 12.6 Å². The molecule has 1 atom stereocenters. The van der Waals surface area contributed by atoms with Crippen LogP contribution >= 0.6 is 0 Å². The first-order valence-corrected chi connectivity index (χ1v) is 5.78. The fourth-order valence-electron chi connectivity index (χ4n) is 1.46. The van der Waals surface area contributed by atoms with Crippen LogP contribution in [0.3, 0.4) is 0 Å². The molecule has 84 valence electrons. The Labute approximate surface area is 88.0 Å². The normalized spacial score (nSPS) is 14.9. The summed E-state index contributed by atoms with van der Waals surface area (Å²) in [6.45, 7) is 8.84. The van der Waals surface area contributed by atoms with Gasteiger partial charge >= 0.3 is 5.97 Å². The van der Waals surface area contributed by atoms with E-state index in [0.29, 0.717) is 6.61 Å². The lowest BCUT2D eigenvalue weighted by Crippen LogP contribution is -2.29. The fraction of sp³-hybridized carbons (Fsp3) is 0.917. The minimum absolute atomic E-state index is 0.0182. The Morgan fingerprint density at radius 1 is 1.21 bits per heavy atom. The standard InChI is InChI=1S/C12H24O2/c1-5-8-10-14-11(13)12(4,7-3)9-6-2/h5-10H2,1-4H3. The van der Waals surface area contributed by atoms with Gasteiger partial charge in [0.25, 0.3) is 0 Å². The molecule has 0 aromatic carbocycles. The predicted octanol–water partition coefficient (Wildman–Crippen LogP) is 3.55. The lowest BCUT2D eigenvalue weighted by molar-refractivity contribution is -0.155. The van der Waals surface area contributed by atoms with Crippen molar-refractivity contribution in [2.24, 2.45) is 5.41 Å². The van der Waals surface area contributed by atoms with E-state index in [1.54, 1.807) is 0 Å². The van der Waals surface area contributed by atoms with E-state index in [4.69, 9.17) is 4.74 Å². The van der Waals surface area contributed by atoms with Crippen molar-refractivity contribution in [2.75, 3.05) is 6.61 Å². The average molecular weight is 200 g/mol. The third-order valence-electron chi connectivity index (χ3n) is 2.81. The minimum atomic E-state index is -0.261. The van der Waals surface area contributed by atoms with Gasteiger partial charge in [-0.1, -0.05) is 33.6 Å². The van der Waals surface area contributed by atoms with Gasteiger partial charge in [-0.3, -0.25) is 4.79 Å². The van der Waals surface area contributed by atoms with Crippen LogP contribution in [0.5, 0.6) is 0 Å². The summed E-state index contributed by atoms with van der Waals surface area (Å²) in [7, 11) is 0. The fourth-order valence-corrected chi connectivity index (χ4v) is 1.46. The topological polar surface area (TPSA) is 26.3 Å². The molecule has 0 rings (SSSR count). The molecule has 0 aliphatic carbocycles. The molecule has 0 N–H and O–H groups in total. The number of hydrogen-bond donors (Lipinski definition) is 0. The van der Waals surface area contributed by atoms with Crippen LogP contribution in [0.2, 0.25) is 0 Å². The number of hydrogen-bond acceptors (Lipinski definition) is 2. The van der Waals surface area contributed by atoms with Gasteiger partial charge in [0, 0.05) is 0 Å². The highest BCUT2D eigenvalue weighted by Gasteiger charge is 2.31. The van der Waals surface area contributed by atoms with Crippen LogP contribution in [0.25, 0.3) is 0 Å². The van der Waals surface area contributed by atoms with Crippen LogP contribution in [0.1, 0.15) is 59.8 Å². The van der Waals surface area contributed by atoms with E-state index < -0.39 is 0 Å². The van der Waals surface area contributed by atoms with Crippen molar-refractivity contribution in [1.82, 2.24) is 0 Å².